The summed E-state index contributed by atoms with van der Waals surface area (Å²) in [5.74, 6) is 0.819. The largest absolute Gasteiger partial charge is 0.342 e. The third kappa shape index (κ3) is 2.17. The van der Waals surface area contributed by atoms with Gasteiger partial charge in [0, 0.05) is 25.3 Å². The van der Waals surface area contributed by atoms with Crippen LogP contribution in [0.25, 0.3) is 0 Å². The Morgan fingerprint density at radius 1 is 1.37 bits per heavy atom. The van der Waals surface area contributed by atoms with E-state index in [1.807, 2.05) is 16.7 Å². The molecule has 1 aromatic heterocycles. The minimum atomic E-state index is -0.222. The summed E-state index contributed by atoms with van der Waals surface area (Å²) >= 11 is 12.1. The predicted octanol–water partition coefficient (Wildman–Crippen LogP) is 2.59. The quantitative estimate of drug-likeness (QED) is 0.800. The highest BCUT2D eigenvalue weighted by molar-refractivity contribution is 6.36. The lowest BCUT2D eigenvalue weighted by atomic mass is 10.1. The fraction of sp³-hybridized carbons (Fsp3) is 0.538. The molecular weight excluding hydrogens is 285 g/mol. The fourth-order valence-electron chi connectivity index (χ4n) is 2.96. The Balaban J connectivity index is 1.93. The second-order valence-electron chi connectivity index (χ2n) is 5.11. The number of aromatic nitrogens is 1. The summed E-state index contributed by atoms with van der Waals surface area (Å²) < 4.78 is 0. The number of carbonyl (C=O) groups excluding carboxylic acids is 1. The monoisotopic (exact) mass is 299 g/mol. The van der Waals surface area contributed by atoms with E-state index in [9.17, 15) is 4.79 Å². The molecule has 1 amide bonds. The van der Waals surface area contributed by atoms with Crippen molar-refractivity contribution in [1.82, 2.24) is 9.88 Å². The van der Waals surface area contributed by atoms with E-state index in [0.29, 0.717) is 15.9 Å². The Hall–Kier alpha value is -1.000. The zero-order valence-electron chi connectivity index (χ0n) is 10.6. The first-order valence-corrected chi connectivity index (χ1v) is 7.21. The average molecular weight is 300 g/mol. The Labute approximate surface area is 122 Å². The molecule has 0 spiro atoms. The number of rotatable bonds is 1. The second-order valence-corrected chi connectivity index (χ2v) is 5.96. The van der Waals surface area contributed by atoms with Gasteiger partial charge in [-0.1, -0.05) is 23.2 Å². The summed E-state index contributed by atoms with van der Waals surface area (Å²) in [4.78, 5) is 20.6. The number of fused-ring (bicyclic) bond motifs is 1. The highest BCUT2D eigenvalue weighted by atomic mass is 35.5. The van der Waals surface area contributed by atoms with Gasteiger partial charge in [0.2, 0.25) is 5.91 Å². The van der Waals surface area contributed by atoms with Crippen molar-refractivity contribution < 1.29 is 4.79 Å². The highest BCUT2D eigenvalue weighted by Gasteiger charge is 2.41. The predicted molar refractivity (Wildman–Crippen MR) is 75.8 cm³/mol. The number of amides is 1. The van der Waals surface area contributed by atoms with Crippen molar-refractivity contribution in [2.75, 3.05) is 18.0 Å². The van der Waals surface area contributed by atoms with Crippen LogP contribution in [0.4, 0.5) is 5.82 Å². The molecule has 2 saturated heterocycles. The first kappa shape index (κ1) is 13.0. The number of carbonyl (C=O) groups is 1. The Bertz CT molecular complexity index is 523. The van der Waals surface area contributed by atoms with Crippen molar-refractivity contribution in [3.63, 3.8) is 0 Å². The van der Waals surface area contributed by atoms with Gasteiger partial charge >= 0.3 is 0 Å². The minimum absolute atomic E-state index is 0.168. The summed E-state index contributed by atoms with van der Waals surface area (Å²) in [6.07, 6.45) is 3.71. The first-order chi connectivity index (χ1) is 9.08. The van der Waals surface area contributed by atoms with Gasteiger partial charge in [-0.2, -0.15) is 0 Å². The van der Waals surface area contributed by atoms with Gasteiger partial charge in [-0.05, 0) is 25.8 Å². The maximum atomic E-state index is 12.4. The molecule has 4 nitrogen and oxygen atoms in total. The van der Waals surface area contributed by atoms with E-state index >= 15 is 0 Å². The van der Waals surface area contributed by atoms with Gasteiger partial charge in [-0.25, -0.2) is 4.98 Å². The van der Waals surface area contributed by atoms with Gasteiger partial charge in [0.05, 0.1) is 10.0 Å². The van der Waals surface area contributed by atoms with Crippen LogP contribution in [0.2, 0.25) is 10.0 Å². The lowest BCUT2D eigenvalue weighted by Crippen LogP contribution is -2.59. The van der Waals surface area contributed by atoms with Crippen LogP contribution < -0.4 is 4.90 Å². The van der Waals surface area contributed by atoms with Crippen LogP contribution in [0, 0.1) is 0 Å². The van der Waals surface area contributed by atoms with Gasteiger partial charge in [-0.15, -0.1) is 0 Å². The van der Waals surface area contributed by atoms with Crippen molar-refractivity contribution in [2.45, 2.75) is 31.8 Å². The molecule has 0 aromatic carbocycles. The number of anilines is 1. The van der Waals surface area contributed by atoms with E-state index in [2.05, 4.69) is 4.98 Å². The maximum absolute atomic E-state index is 12.4. The van der Waals surface area contributed by atoms with Crippen molar-refractivity contribution in [2.24, 2.45) is 0 Å². The third-order valence-corrected chi connectivity index (χ3v) is 4.44. The van der Waals surface area contributed by atoms with Gasteiger partial charge in [-0.3, -0.25) is 4.79 Å². The molecule has 0 bridgehead atoms. The molecule has 102 valence electrons. The molecule has 2 atom stereocenters. The summed E-state index contributed by atoms with van der Waals surface area (Å²) in [7, 11) is 0. The summed E-state index contributed by atoms with van der Waals surface area (Å²) in [5.41, 5.74) is 0. The van der Waals surface area contributed by atoms with E-state index in [-0.39, 0.29) is 18.0 Å². The molecule has 3 rings (SSSR count). The van der Waals surface area contributed by atoms with Gasteiger partial charge in [0.15, 0.2) is 0 Å². The molecule has 3 heterocycles. The number of halogens is 2. The molecule has 2 fully saturated rings. The SMILES string of the molecule is C[C@@H]1C(=O)N2CCC[C@H]2CN1c1ncc(Cl)cc1Cl. The number of pyridine rings is 1. The lowest BCUT2D eigenvalue weighted by molar-refractivity contribution is -0.134. The minimum Gasteiger partial charge on any atom is -0.342 e. The van der Waals surface area contributed by atoms with E-state index in [1.165, 1.54) is 0 Å². The van der Waals surface area contributed by atoms with Crippen LogP contribution in [0.5, 0.6) is 0 Å². The smallest absolute Gasteiger partial charge is 0.245 e. The standard InChI is InChI=1S/C13H15Cl2N3O/c1-8-13(19)17-4-2-3-10(17)7-18(8)12-11(15)5-9(14)6-16-12/h5-6,8,10H,2-4,7H2,1H3/t8-,10+/m1/s1. The van der Waals surface area contributed by atoms with Crippen LogP contribution in [0.1, 0.15) is 19.8 Å². The molecule has 0 N–H and O–H groups in total. The maximum Gasteiger partial charge on any atom is 0.245 e. The van der Waals surface area contributed by atoms with E-state index < -0.39 is 0 Å². The zero-order valence-corrected chi connectivity index (χ0v) is 12.2. The van der Waals surface area contributed by atoms with Crippen LogP contribution in [-0.4, -0.2) is 41.0 Å². The van der Waals surface area contributed by atoms with E-state index in [4.69, 9.17) is 23.2 Å². The second kappa shape index (κ2) is 4.84. The van der Waals surface area contributed by atoms with Crippen molar-refractivity contribution in [1.29, 1.82) is 0 Å². The van der Waals surface area contributed by atoms with Gasteiger partial charge in [0.25, 0.3) is 0 Å². The van der Waals surface area contributed by atoms with Gasteiger partial charge in [0.1, 0.15) is 11.9 Å². The fourth-order valence-corrected chi connectivity index (χ4v) is 3.45. The first-order valence-electron chi connectivity index (χ1n) is 6.46. The summed E-state index contributed by atoms with van der Waals surface area (Å²) in [6.45, 7) is 3.58. The number of nitrogens with zero attached hydrogens (tertiary/aromatic N) is 3. The van der Waals surface area contributed by atoms with Crippen LogP contribution in [0.3, 0.4) is 0 Å². The molecule has 6 heteroatoms. The normalized spacial score (nSPS) is 26.8. The summed E-state index contributed by atoms with van der Waals surface area (Å²) in [6, 6.07) is 1.74. The number of hydrogen-bond acceptors (Lipinski definition) is 3. The molecule has 2 aliphatic rings. The average Bonchev–Trinajstić information content (AvgIpc) is 2.83. The Morgan fingerprint density at radius 2 is 2.16 bits per heavy atom. The van der Waals surface area contributed by atoms with Crippen molar-refractivity contribution >= 4 is 34.9 Å². The van der Waals surface area contributed by atoms with E-state index in [0.717, 1.165) is 25.9 Å². The molecule has 1 aromatic rings. The molecule has 0 saturated carbocycles. The molecule has 0 aliphatic carbocycles. The highest BCUT2D eigenvalue weighted by Crippen LogP contribution is 2.33. The zero-order chi connectivity index (χ0) is 13.6. The van der Waals surface area contributed by atoms with Crippen molar-refractivity contribution in [3.05, 3.63) is 22.3 Å². The number of hydrogen-bond donors (Lipinski definition) is 0. The third-order valence-electron chi connectivity index (χ3n) is 3.95. The van der Waals surface area contributed by atoms with E-state index in [1.54, 1.807) is 12.3 Å². The summed E-state index contributed by atoms with van der Waals surface area (Å²) in [5, 5.41) is 1.01. The molecule has 19 heavy (non-hydrogen) atoms. The molecule has 2 aliphatic heterocycles. The molecular formula is C13H15Cl2N3O. The van der Waals surface area contributed by atoms with Crippen molar-refractivity contribution in [3.8, 4) is 0 Å². The molecule has 0 unspecified atom stereocenters. The topological polar surface area (TPSA) is 36.4 Å². The van der Waals surface area contributed by atoms with Gasteiger partial charge < -0.3 is 9.80 Å². The lowest BCUT2D eigenvalue weighted by Gasteiger charge is -2.42. The Morgan fingerprint density at radius 3 is 2.89 bits per heavy atom. The van der Waals surface area contributed by atoms with Crippen LogP contribution >= 0.6 is 23.2 Å². The number of piperazine rings is 1. The Kier molecular flexibility index (Phi) is 3.31. The van der Waals surface area contributed by atoms with Crippen LogP contribution in [-0.2, 0) is 4.79 Å². The molecule has 0 radical (unpaired) electrons. The van der Waals surface area contributed by atoms with Crippen LogP contribution in [0.15, 0.2) is 12.3 Å².